The summed E-state index contributed by atoms with van der Waals surface area (Å²) in [6.45, 7) is 6.60. The van der Waals surface area contributed by atoms with Crippen LogP contribution in [0, 0.1) is 0 Å². The van der Waals surface area contributed by atoms with Gasteiger partial charge in [-0.15, -0.1) is 0 Å². The highest BCUT2D eigenvalue weighted by molar-refractivity contribution is 5.73. The molecule has 0 radical (unpaired) electrons. The van der Waals surface area contributed by atoms with Crippen molar-refractivity contribution in [3.63, 3.8) is 0 Å². The van der Waals surface area contributed by atoms with Gasteiger partial charge in [0.05, 0.1) is 17.4 Å². The lowest BCUT2D eigenvalue weighted by molar-refractivity contribution is 0.126. The van der Waals surface area contributed by atoms with Gasteiger partial charge in [-0.05, 0) is 70.5 Å². The van der Waals surface area contributed by atoms with Gasteiger partial charge in [0.15, 0.2) is 0 Å². The van der Waals surface area contributed by atoms with Crippen molar-refractivity contribution in [2.75, 3.05) is 30.8 Å². The van der Waals surface area contributed by atoms with E-state index < -0.39 is 0 Å². The van der Waals surface area contributed by atoms with E-state index in [1.807, 2.05) is 12.4 Å². The van der Waals surface area contributed by atoms with Gasteiger partial charge in [0, 0.05) is 37.6 Å². The van der Waals surface area contributed by atoms with E-state index in [0.29, 0.717) is 18.0 Å². The van der Waals surface area contributed by atoms with Crippen LogP contribution in [0.2, 0.25) is 0 Å². The van der Waals surface area contributed by atoms with Crippen LogP contribution >= 0.6 is 0 Å². The molecule has 2 aromatic rings. The van der Waals surface area contributed by atoms with Crippen LogP contribution in [0.5, 0.6) is 0 Å². The summed E-state index contributed by atoms with van der Waals surface area (Å²) in [6, 6.07) is 4.83. The summed E-state index contributed by atoms with van der Waals surface area (Å²) >= 11 is 0. The minimum Gasteiger partial charge on any atom is -0.393 e. The highest BCUT2D eigenvalue weighted by Crippen LogP contribution is 2.29. The first-order chi connectivity index (χ1) is 16.5. The highest BCUT2D eigenvalue weighted by atomic mass is 16.3. The minimum atomic E-state index is -0.178. The first-order valence-electron chi connectivity index (χ1n) is 12.9. The zero-order valence-electron chi connectivity index (χ0n) is 20.9. The van der Waals surface area contributed by atoms with Gasteiger partial charge in [-0.3, -0.25) is 4.98 Å². The van der Waals surface area contributed by atoms with E-state index in [1.165, 1.54) is 5.57 Å². The van der Waals surface area contributed by atoms with Crippen LogP contribution < -0.4 is 10.6 Å². The van der Waals surface area contributed by atoms with Crippen LogP contribution in [0.4, 0.5) is 11.8 Å². The number of aromatic nitrogens is 3. The fourth-order valence-electron chi connectivity index (χ4n) is 4.82. The molecule has 0 spiro atoms. The number of nitrogens with one attached hydrogen (secondary N) is 2. The van der Waals surface area contributed by atoms with Gasteiger partial charge < -0.3 is 20.6 Å². The molecule has 3 N–H and O–H groups in total. The van der Waals surface area contributed by atoms with Gasteiger partial charge >= 0.3 is 0 Å². The van der Waals surface area contributed by atoms with E-state index in [4.69, 9.17) is 9.97 Å². The zero-order chi connectivity index (χ0) is 23.9. The molecule has 2 aromatic heterocycles. The Morgan fingerprint density at radius 3 is 2.56 bits per heavy atom. The lowest BCUT2D eigenvalue weighted by Crippen LogP contribution is -2.29. The number of likely N-dealkylation sites (tertiary alicyclic amines) is 1. The van der Waals surface area contributed by atoms with E-state index in [1.54, 1.807) is 0 Å². The first kappa shape index (κ1) is 24.6. The Labute approximate surface area is 204 Å². The first-order valence-corrected chi connectivity index (χ1v) is 12.9. The zero-order valence-corrected chi connectivity index (χ0v) is 20.9. The molecule has 2 aliphatic rings. The molecule has 0 aromatic carbocycles. The van der Waals surface area contributed by atoms with Gasteiger partial charge in [0.1, 0.15) is 5.82 Å². The highest BCUT2D eigenvalue weighted by Gasteiger charge is 2.22. The summed E-state index contributed by atoms with van der Waals surface area (Å²) in [5, 5.41) is 17.0. The lowest BCUT2D eigenvalue weighted by atomic mass is 9.93. The smallest absolute Gasteiger partial charge is 0.224 e. The molecule has 7 nitrogen and oxygen atoms in total. The standard InChI is InChI=1S/C27H40N6O/c1-4-5-19(2)30-27-29-18-24(26(32-27)31-22-7-9-23(34)10-8-22)25-11-6-21(17-28-25)16-20-12-14-33(3)15-13-20/h6,11,16-19,22-23,34H,4-5,7-10,12-15H2,1-3H3,(H2,29,30,31,32)/t19-,22-,23-/m0/s1. The number of anilines is 2. The van der Waals surface area contributed by atoms with Crippen LogP contribution in [-0.4, -0.2) is 63.3 Å². The van der Waals surface area contributed by atoms with Gasteiger partial charge in [0.25, 0.3) is 0 Å². The van der Waals surface area contributed by atoms with Crippen LogP contribution in [0.15, 0.2) is 30.1 Å². The maximum absolute atomic E-state index is 9.90. The summed E-state index contributed by atoms with van der Waals surface area (Å²) in [7, 11) is 2.18. The Morgan fingerprint density at radius 2 is 1.88 bits per heavy atom. The molecule has 1 saturated carbocycles. The second-order valence-corrected chi connectivity index (χ2v) is 10.0. The molecule has 2 fully saturated rings. The van der Waals surface area contributed by atoms with Crippen molar-refractivity contribution in [3.05, 3.63) is 35.7 Å². The lowest BCUT2D eigenvalue weighted by Gasteiger charge is -2.27. The summed E-state index contributed by atoms with van der Waals surface area (Å²) in [4.78, 5) is 16.6. The van der Waals surface area contributed by atoms with E-state index in [-0.39, 0.29) is 6.10 Å². The molecule has 1 atom stereocenters. The van der Waals surface area contributed by atoms with Crippen LogP contribution in [-0.2, 0) is 0 Å². The monoisotopic (exact) mass is 464 g/mol. The molecule has 4 rings (SSSR count). The summed E-state index contributed by atoms with van der Waals surface area (Å²) in [5.41, 5.74) is 4.43. The molecule has 184 valence electrons. The Balaban J connectivity index is 1.54. The van der Waals surface area contributed by atoms with Crippen molar-refractivity contribution < 1.29 is 5.11 Å². The van der Waals surface area contributed by atoms with E-state index in [9.17, 15) is 5.11 Å². The fraction of sp³-hybridized carbons (Fsp3) is 0.593. The molecule has 1 aliphatic heterocycles. The van der Waals surface area contributed by atoms with Crippen molar-refractivity contribution in [1.29, 1.82) is 0 Å². The van der Waals surface area contributed by atoms with Crippen molar-refractivity contribution in [3.8, 4) is 11.3 Å². The van der Waals surface area contributed by atoms with Crippen molar-refractivity contribution >= 4 is 17.8 Å². The molecule has 0 amide bonds. The minimum absolute atomic E-state index is 0.178. The molecule has 3 heterocycles. The number of aliphatic hydroxyl groups is 1. The number of piperidine rings is 1. The fourth-order valence-corrected chi connectivity index (χ4v) is 4.82. The third kappa shape index (κ3) is 6.76. The molecule has 1 saturated heterocycles. The third-order valence-electron chi connectivity index (χ3n) is 6.99. The average Bonchev–Trinajstić information content (AvgIpc) is 2.83. The molecule has 1 aliphatic carbocycles. The number of pyridine rings is 1. The van der Waals surface area contributed by atoms with Gasteiger partial charge in [-0.2, -0.15) is 4.98 Å². The normalized spacial score (nSPS) is 22.3. The number of hydrogen-bond acceptors (Lipinski definition) is 7. The largest absolute Gasteiger partial charge is 0.393 e. The molecular formula is C27H40N6O. The molecule has 0 bridgehead atoms. The second-order valence-electron chi connectivity index (χ2n) is 10.0. The predicted octanol–water partition coefficient (Wildman–Crippen LogP) is 4.96. The maximum atomic E-state index is 9.90. The maximum Gasteiger partial charge on any atom is 0.224 e. The van der Waals surface area contributed by atoms with Crippen molar-refractivity contribution in [2.45, 2.75) is 83.4 Å². The Kier molecular flexibility index (Phi) is 8.51. The third-order valence-corrected chi connectivity index (χ3v) is 6.99. The quantitative estimate of drug-likeness (QED) is 0.509. The van der Waals surface area contributed by atoms with Gasteiger partial charge in [-0.1, -0.05) is 31.1 Å². The predicted molar refractivity (Wildman–Crippen MR) is 140 cm³/mol. The Morgan fingerprint density at radius 1 is 1.12 bits per heavy atom. The topological polar surface area (TPSA) is 86.2 Å². The van der Waals surface area contributed by atoms with E-state index >= 15 is 0 Å². The van der Waals surface area contributed by atoms with Crippen LogP contribution in [0.1, 0.15) is 70.8 Å². The van der Waals surface area contributed by atoms with Crippen molar-refractivity contribution in [2.24, 2.45) is 0 Å². The number of aliphatic hydroxyl groups excluding tert-OH is 1. The molecular weight excluding hydrogens is 424 g/mol. The summed E-state index contributed by atoms with van der Waals surface area (Å²) in [6.07, 6.45) is 13.9. The second kappa shape index (κ2) is 11.8. The van der Waals surface area contributed by atoms with Gasteiger partial charge in [-0.25, -0.2) is 4.98 Å². The molecule has 7 heteroatoms. The average molecular weight is 465 g/mol. The van der Waals surface area contributed by atoms with Gasteiger partial charge in [0.2, 0.25) is 5.95 Å². The number of nitrogens with zero attached hydrogens (tertiary/aromatic N) is 4. The number of rotatable bonds is 8. The Bertz CT molecular complexity index is 942. The van der Waals surface area contributed by atoms with Crippen LogP contribution in [0.25, 0.3) is 17.3 Å². The number of hydrogen-bond donors (Lipinski definition) is 3. The van der Waals surface area contributed by atoms with Crippen molar-refractivity contribution in [1.82, 2.24) is 19.9 Å². The molecule has 0 unspecified atom stereocenters. The van der Waals surface area contributed by atoms with Crippen LogP contribution in [0.3, 0.4) is 0 Å². The summed E-state index contributed by atoms with van der Waals surface area (Å²) in [5.74, 6) is 1.46. The molecule has 34 heavy (non-hydrogen) atoms. The SMILES string of the molecule is CCC[C@H](C)Nc1ncc(-c2ccc(C=C3CCN(C)CC3)cn2)c(N[C@H]2CC[C@H](O)CC2)n1. The Hall–Kier alpha value is -2.51. The van der Waals surface area contributed by atoms with E-state index in [0.717, 1.165) is 87.1 Å². The summed E-state index contributed by atoms with van der Waals surface area (Å²) < 4.78 is 0. The van der Waals surface area contributed by atoms with E-state index in [2.05, 4.69) is 59.6 Å².